The number of thioether (sulfide) groups is 1. The van der Waals surface area contributed by atoms with Crippen molar-refractivity contribution in [1.82, 2.24) is 14.9 Å². The molecule has 0 radical (unpaired) electrons. The van der Waals surface area contributed by atoms with Gasteiger partial charge in [0.2, 0.25) is 0 Å². The highest BCUT2D eigenvalue weighted by Gasteiger charge is 2.39. The van der Waals surface area contributed by atoms with Gasteiger partial charge in [0.1, 0.15) is 10.6 Å². The number of aromatic nitrogens is 2. The fourth-order valence-electron chi connectivity index (χ4n) is 3.37. The molecule has 0 saturated carbocycles. The molecule has 0 spiro atoms. The summed E-state index contributed by atoms with van der Waals surface area (Å²) in [6.45, 7) is 3.76. The molecule has 2 heterocycles. The molecule has 8 nitrogen and oxygen atoms in total. The van der Waals surface area contributed by atoms with Gasteiger partial charge in [-0.15, -0.1) is 0 Å². The average molecular weight is 461 g/mol. The van der Waals surface area contributed by atoms with E-state index >= 15 is 0 Å². The minimum Gasteiger partial charge on any atom is -0.478 e. The number of hydrogen-bond donors (Lipinski definition) is 2. The van der Waals surface area contributed by atoms with Crippen LogP contribution in [0.5, 0.6) is 0 Å². The summed E-state index contributed by atoms with van der Waals surface area (Å²) >= 11 is 1.01. The third kappa shape index (κ3) is 4.93. The summed E-state index contributed by atoms with van der Waals surface area (Å²) in [6, 6.07) is 17.1. The molecule has 0 aliphatic carbocycles. The fourth-order valence-corrected chi connectivity index (χ4v) is 4.37. The van der Waals surface area contributed by atoms with E-state index in [1.165, 1.54) is 12.1 Å². The van der Waals surface area contributed by atoms with Crippen LogP contribution in [0.4, 0.5) is 5.69 Å². The third-order valence-electron chi connectivity index (χ3n) is 4.84. The summed E-state index contributed by atoms with van der Waals surface area (Å²) < 4.78 is 0. The van der Waals surface area contributed by atoms with Crippen LogP contribution in [0.15, 0.2) is 76.4 Å². The molecule has 9 heteroatoms. The predicted molar refractivity (Wildman–Crippen MR) is 123 cm³/mol. The van der Waals surface area contributed by atoms with Crippen molar-refractivity contribution in [2.24, 2.45) is 0 Å². The van der Waals surface area contributed by atoms with Crippen LogP contribution in [-0.2, 0) is 16.1 Å². The zero-order valence-electron chi connectivity index (χ0n) is 17.9. The lowest BCUT2D eigenvalue weighted by molar-refractivity contribution is -0.137. The highest BCUT2D eigenvalue weighted by molar-refractivity contribution is 8.04. The first-order chi connectivity index (χ1) is 15.8. The van der Waals surface area contributed by atoms with Gasteiger partial charge in [0.25, 0.3) is 11.8 Å². The van der Waals surface area contributed by atoms with E-state index in [1.54, 1.807) is 12.1 Å². The Bertz CT molecular complexity index is 1270. The number of carboxylic acids is 1. The van der Waals surface area contributed by atoms with Crippen molar-refractivity contribution in [3.8, 4) is 0 Å². The molecule has 1 aliphatic rings. The van der Waals surface area contributed by atoms with Gasteiger partial charge in [0, 0.05) is 17.1 Å². The molecule has 2 amide bonds. The Morgan fingerprint density at radius 2 is 1.67 bits per heavy atom. The van der Waals surface area contributed by atoms with Crippen molar-refractivity contribution < 1.29 is 19.5 Å². The van der Waals surface area contributed by atoms with Gasteiger partial charge in [-0.1, -0.05) is 36.4 Å². The van der Waals surface area contributed by atoms with Gasteiger partial charge >= 0.3 is 5.97 Å². The summed E-state index contributed by atoms with van der Waals surface area (Å²) in [6.07, 6.45) is 0. The van der Waals surface area contributed by atoms with Crippen LogP contribution >= 0.6 is 11.8 Å². The largest absolute Gasteiger partial charge is 0.478 e. The van der Waals surface area contributed by atoms with E-state index in [4.69, 9.17) is 0 Å². The van der Waals surface area contributed by atoms with Crippen LogP contribution in [0.2, 0.25) is 0 Å². The van der Waals surface area contributed by atoms with Gasteiger partial charge in [0.15, 0.2) is 5.16 Å². The number of rotatable bonds is 7. The maximum absolute atomic E-state index is 13.3. The minimum absolute atomic E-state index is 0.0605. The van der Waals surface area contributed by atoms with Gasteiger partial charge in [-0.2, -0.15) is 0 Å². The van der Waals surface area contributed by atoms with Crippen molar-refractivity contribution >= 4 is 35.2 Å². The van der Waals surface area contributed by atoms with Gasteiger partial charge in [0.05, 0.1) is 12.1 Å². The topological polar surface area (TPSA) is 112 Å². The number of anilines is 1. The third-order valence-corrected chi connectivity index (χ3v) is 5.79. The molecule has 4 rings (SSSR count). The van der Waals surface area contributed by atoms with E-state index in [0.717, 1.165) is 33.6 Å². The van der Waals surface area contributed by atoms with Crippen molar-refractivity contribution in [1.29, 1.82) is 0 Å². The lowest BCUT2D eigenvalue weighted by Gasteiger charge is -2.15. The summed E-state index contributed by atoms with van der Waals surface area (Å²) in [5, 5.41) is 12.6. The monoisotopic (exact) mass is 460 g/mol. The van der Waals surface area contributed by atoms with Gasteiger partial charge in [-0.05, 0) is 55.4 Å². The lowest BCUT2D eigenvalue weighted by Crippen LogP contribution is -2.31. The van der Waals surface area contributed by atoms with E-state index < -0.39 is 17.8 Å². The second-order valence-electron chi connectivity index (χ2n) is 7.43. The molecule has 1 aliphatic heterocycles. The number of nitrogens with one attached hydrogen (secondary N) is 1. The fraction of sp³-hybridized carbons (Fsp3) is 0.125. The van der Waals surface area contributed by atoms with E-state index in [1.807, 2.05) is 50.2 Å². The number of aryl methyl sites for hydroxylation is 2. The number of carboxylic acid groups (broad SMARTS) is 1. The molecular formula is C24H20N4O4S. The molecule has 2 N–H and O–H groups in total. The molecule has 0 unspecified atom stereocenters. The Labute approximate surface area is 194 Å². The molecular weight excluding hydrogens is 440 g/mol. The first-order valence-electron chi connectivity index (χ1n) is 10.1. The number of carbonyl (C=O) groups excluding carboxylic acids is 2. The van der Waals surface area contributed by atoms with E-state index in [0.29, 0.717) is 10.8 Å². The second-order valence-corrected chi connectivity index (χ2v) is 8.41. The van der Waals surface area contributed by atoms with Crippen molar-refractivity contribution in [2.75, 3.05) is 5.32 Å². The molecule has 0 saturated heterocycles. The van der Waals surface area contributed by atoms with Crippen LogP contribution in [0, 0.1) is 13.8 Å². The van der Waals surface area contributed by atoms with Gasteiger partial charge < -0.3 is 10.4 Å². The number of imide groups is 1. The quantitative estimate of drug-likeness (QED) is 0.405. The maximum Gasteiger partial charge on any atom is 0.335 e. The van der Waals surface area contributed by atoms with Crippen molar-refractivity contribution in [3.63, 3.8) is 0 Å². The molecule has 3 aromatic rings. The lowest BCUT2D eigenvalue weighted by atomic mass is 10.2. The highest BCUT2D eigenvalue weighted by atomic mass is 32.2. The van der Waals surface area contributed by atoms with Crippen LogP contribution in [0.25, 0.3) is 0 Å². The zero-order chi connectivity index (χ0) is 23.5. The summed E-state index contributed by atoms with van der Waals surface area (Å²) in [4.78, 5) is 48.0. The first-order valence-corrected chi connectivity index (χ1v) is 10.9. The molecule has 33 heavy (non-hydrogen) atoms. The van der Waals surface area contributed by atoms with Crippen LogP contribution in [0.3, 0.4) is 0 Å². The second kappa shape index (κ2) is 9.25. The van der Waals surface area contributed by atoms with E-state index in [2.05, 4.69) is 15.3 Å². The standard InChI is InChI=1S/C24H20N4O4S/c1-14-11-15(2)26-24(25-14)33-20-19(27-18-10-6-9-17(12-18)23(31)32)21(29)28(22(20)30)13-16-7-4-3-5-8-16/h3-12,27H,13H2,1-2H3,(H,31,32). The Hall–Kier alpha value is -3.98. The minimum atomic E-state index is -1.09. The molecule has 0 fully saturated rings. The molecule has 0 bridgehead atoms. The number of aromatic carboxylic acids is 1. The summed E-state index contributed by atoms with van der Waals surface area (Å²) in [5.41, 5.74) is 2.79. The van der Waals surface area contributed by atoms with Gasteiger partial charge in [-0.3, -0.25) is 14.5 Å². The van der Waals surface area contributed by atoms with Crippen molar-refractivity contribution in [2.45, 2.75) is 25.5 Å². The van der Waals surface area contributed by atoms with E-state index in [-0.39, 0.29) is 22.7 Å². The Kier molecular flexibility index (Phi) is 6.23. The zero-order valence-corrected chi connectivity index (χ0v) is 18.7. The number of amides is 2. The SMILES string of the molecule is Cc1cc(C)nc(SC2=C(Nc3cccc(C(=O)O)c3)C(=O)N(Cc3ccccc3)C2=O)n1. The Balaban J connectivity index is 1.72. The normalized spacial score (nSPS) is 13.6. The summed E-state index contributed by atoms with van der Waals surface area (Å²) in [7, 11) is 0. The van der Waals surface area contributed by atoms with Crippen molar-refractivity contribution in [3.05, 3.63) is 93.8 Å². The molecule has 166 valence electrons. The van der Waals surface area contributed by atoms with Gasteiger partial charge in [-0.25, -0.2) is 14.8 Å². The molecule has 2 aromatic carbocycles. The summed E-state index contributed by atoms with van der Waals surface area (Å²) in [5.74, 6) is -2.06. The molecule has 0 atom stereocenters. The highest BCUT2D eigenvalue weighted by Crippen LogP contribution is 2.35. The van der Waals surface area contributed by atoms with Crippen LogP contribution in [0.1, 0.15) is 27.3 Å². The Morgan fingerprint density at radius 1 is 0.970 bits per heavy atom. The molecule has 1 aromatic heterocycles. The smallest absolute Gasteiger partial charge is 0.335 e. The number of nitrogens with zero attached hydrogens (tertiary/aromatic N) is 3. The Morgan fingerprint density at radius 3 is 2.33 bits per heavy atom. The number of carbonyl (C=O) groups is 3. The van der Waals surface area contributed by atoms with E-state index in [9.17, 15) is 19.5 Å². The average Bonchev–Trinajstić information content (AvgIpc) is 2.98. The first kappa shape index (κ1) is 22.2. The number of hydrogen-bond acceptors (Lipinski definition) is 7. The predicted octanol–water partition coefficient (Wildman–Crippen LogP) is 3.78. The van der Waals surface area contributed by atoms with Crippen LogP contribution < -0.4 is 5.32 Å². The number of benzene rings is 2. The maximum atomic E-state index is 13.3. The van der Waals surface area contributed by atoms with Crippen LogP contribution in [-0.4, -0.2) is 37.8 Å².